The third-order valence-electron chi connectivity index (χ3n) is 3.25. The van der Waals surface area contributed by atoms with Gasteiger partial charge in [-0.25, -0.2) is 9.97 Å². The molecule has 0 atom stereocenters. The second kappa shape index (κ2) is 7.49. The van der Waals surface area contributed by atoms with E-state index in [1.165, 1.54) is 18.1 Å². The van der Waals surface area contributed by atoms with E-state index in [4.69, 9.17) is 11.6 Å². The monoisotopic (exact) mass is 376 g/mol. The predicted octanol–water partition coefficient (Wildman–Crippen LogP) is 1.57. The average molecular weight is 377 g/mol. The van der Waals surface area contributed by atoms with E-state index in [2.05, 4.69) is 25.9 Å². The standard InChI is InChI=1S/C15H13ClN6O2S/c1-22-13-11(6-19-22)15(18-8-17-13)25-7-12(23)20-21-14(24)9-2-4-10(16)5-3-9/h2-6,8H,7H2,1H3,(H,20,23)(H,21,24). The Balaban J connectivity index is 1.54. The van der Waals surface area contributed by atoms with Crippen molar-refractivity contribution in [3.05, 3.63) is 47.4 Å². The van der Waals surface area contributed by atoms with Crippen LogP contribution < -0.4 is 10.9 Å². The molecule has 8 nitrogen and oxygen atoms in total. The van der Waals surface area contributed by atoms with Crippen molar-refractivity contribution in [3.8, 4) is 0 Å². The van der Waals surface area contributed by atoms with Gasteiger partial charge in [-0.05, 0) is 24.3 Å². The lowest BCUT2D eigenvalue weighted by Crippen LogP contribution is -2.42. The zero-order chi connectivity index (χ0) is 17.8. The van der Waals surface area contributed by atoms with E-state index in [1.807, 2.05) is 0 Å². The number of hydrazine groups is 1. The Morgan fingerprint density at radius 3 is 2.72 bits per heavy atom. The van der Waals surface area contributed by atoms with Gasteiger partial charge in [0.15, 0.2) is 5.65 Å². The lowest BCUT2D eigenvalue weighted by Gasteiger charge is -2.07. The van der Waals surface area contributed by atoms with Crippen LogP contribution in [0.5, 0.6) is 0 Å². The van der Waals surface area contributed by atoms with Gasteiger partial charge in [-0.1, -0.05) is 23.4 Å². The Labute approximate surface area is 151 Å². The number of fused-ring (bicyclic) bond motifs is 1. The highest BCUT2D eigenvalue weighted by molar-refractivity contribution is 8.00. The van der Waals surface area contributed by atoms with Crippen LogP contribution in [0.3, 0.4) is 0 Å². The van der Waals surface area contributed by atoms with Crippen molar-refractivity contribution in [2.45, 2.75) is 5.03 Å². The molecule has 2 heterocycles. The van der Waals surface area contributed by atoms with Crippen molar-refractivity contribution in [3.63, 3.8) is 0 Å². The third-order valence-corrected chi connectivity index (χ3v) is 4.51. The lowest BCUT2D eigenvalue weighted by atomic mass is 10.2. The molecule has 0 fully saturated rings. The van der Waals surface area contributed by atoms with E-state index in [0.717, 1.165) is 5.39 Å². The van der Waals surface area contributed by atoms with Crippen molar-refractivity contribution in [1.29, 1.82) is 0 Å². The van der Waals surface area contributed by atoms with Gasteiger partial charge in [0.2, 0.25) is 5.91 Å². The second-order valence-corrected chi connectivity index (χ2v) is 6.38. The maximum absolute atomic E-state index is 11.9. The maximum atomic E-state index is 11.9. The van der Waals surface area contributed by atoms with Crippen LogP contribution in [-0.4, -0.2) is 37.3 Å². The third kappa shape index (κ3) is 4.06. The van der Waals surface area contributed by atoms with E-state index in [-0.39, 0.29) is 11.7 Å². The summed E-state index contributed by atoms with van der Waals surface area (Å²) in [6, 6.07) is 6.34. The number of aromatic nitrogens is 4. The van der Waals surface area contributed by atoms with Crippen molar-refractivity contribution in [2.75, 3.05) is 5.75 Å². The normalized spacial score (nSPS) is 10.6. The maximum Gasteiger partial charge on any atom is 0.269 e. The number of amides is 2. The molecule has 2 N–H and O–H groups in total. The van der Waals surface area contributed by atoms with Gasteiger partial charge >= 0.3 is 0 Å². The fourth-order valence-electron chi connectivity index (χ4n) is 2.03. The van der Waals surface area contributed by atoms with Crippen molar-refractivity contribution >= 4 is 46.2 Å². The number of hydrogen-bond donors (Lipinski definition) is 2. The minimum Gasteiger partial charge on any atom is -0.272 e. The van der Waals surface area contributed by atoms with Crippen molar-refractivity contribution < 1.29 is 9.59 Å². The Morgan fingerprint density at radius 2 is 1.96 bits per heavy atom. The number of nitrogens with one attached hydrogen (secondary N) is 2. The first-order valence-corrected chi connectivity index (χ1v) is 8.51. The van der Waals surface area contributed by atoms with Crippen molar-refractivity contribution in [2.24, 2.45) is 7.05 Å². The van der Waals surface area contributed by atoms with Crippen LogP contribution in [0.1, 0.15) is 10.4 Å². The topological polar surface area (TPSA) is 102 Å². The highest BCUT2D eigenvalue weighted by Gasteiger charge is 2.11. The first-order chi connectivity index (χ1) is 12.0. The van der Waals surface area contributed by atoms with Gasteiger partial charge < -0.3 is 0 Å². The van der Waals surface area contributed by atoms with Gasteiger partial charge in [0.25, 0.3) is 5.91 Å². The largest absolute Gasteiger partial charge is 0.272 e. The summed E-state index contributed by atoms with van der Waals surface area (Å²) < 4.78 is 1.63. The fourth-order valence-corrected chi connectivity index (χ4v) is 2.91. The SMILES string of the molecule is Cn1ncc2c(SCC(=O)NNC(=O)c3ccc(Cl)cc3)ncnc21. The van der Waals surface area contributed by atoms with Crippen LogP contribution in [0.2, 0.25) is 5.02 Å². The molecule has 0 aliphatic carbocycles. The molecule has 25 heavy (non-hydrogen) atoms. The van der Waals surface area contributed by atoms with E-state index in [1.54, 1.807) is 42.2 Å². The summed E-state index contributed by atoms with van der Waals surface area (Å²) >= 11 is 7.00. The molecule has 0 bridgehead atoms. The number of nitrogens with zero attached hydrogens (tertiary/aromatic N) is 4. The molecule has 0 saturated carbocycles. The quantitative estimate of drug-likeness (QED) is 0.407. The van der Waals surface area contributed by atoms with E-state index in [9.17, 15) is 9.59 Å². The van der Waals surface area contributed by atoms with E-state index >= 15 is 0 Å². The molecular weight excluding hydrogens is 364 g/mol. The van der Waals surface area contributed by atoms with Crippen LogP contribution in [0, 0.1) is 0 Å². The summed E-state index contributed by atoms with van der Waals surface area (Å²) in [5.41, 5.74) is 5.80. The molecular formula is C15H13ClN6O2S. The molecule has 0 aliphatic heterocycles. The summed E-state index contributed by atoms with van der Waals surface area (Å²) in [6.45, 7) is 0. The summed E-state index contributed by atoms with van der Waals surface area (Å²) in [5.74, 6) is -0.697. The number of thioether (sulfide) groups is 1. The summed E-state index contributed by atoms with van der Waals surface area (Å²) in [5, 5.41) is 6.07. The number of hydrogen-bond acceptors (Lipinski definition) is 6. The van der Waals surface area contributed by atoms with Gasteiger partial charge in [-0.3, -0.25) is 25.1 Å². The van der Waals surface area contributed by atoms with Gasteiger partial charge in [0.05, 0.1) is 17.3 Å². The van der Waals surface area contributed by atoms with Crippen LogP contribution in [0.25, 0.3) is 11.0 Å². The predicted molar refractivity (Wildman–Crippen MR) is 94.1 cm³/mol. The van der Waals surface area contributed by atoms with Gasteiger partial charge in [0, 0.05) is 17.6 Å². The summed E-state index contributed by atoms with van der Waals surface area (Å²) in [7, 11) is 1.78. The minimum absolute atomic E-state index is 0.0852. The molecule has 3 aromatic rings. The molecule has 0 aliphatic rings. The molecule has 1 aromatic carbocycles. The average Bonchev–Trinajstić information content (AvgIpc) is 3.00. The number of benzene rings is 1. The van der Waals surface area contributed by atoms with Crippen molar-refractivity contribution in [1.82, 2.24) is 30.6 Å². The lowest BCUT2D eigenvalue weighted by molar-refractivity contribution is -0.119. The molecule has 128 valence electrons. The zero-order valence-electron chi connectivity index (χ0n) is 13.1. The highest BCUT2D eigenvalue weighted by Crippen LogP contribution is 2.23. The van der Waals surface area contributed by atoms with Gasteiger partial charge in [-0.2, -0.15) is 5.10 Å². The molecule has 2 amide bonds. The molecule has 0 unspecified atom stereocenters. The number of halogens is 1. The molecule has 0 saturated heterocycles. The molecule has 3 rings (SSSR count). The van der Waals surface area contributed by atoms with E-state index < -0.39 is 5.91 Å². The number of rotatable bonds is 4. The Bertz CT molecular complexity index is 927. The van der Waals surface area contributed by atoms with Crippen LogP contribution in [0.15, 0.2) is 41.8 Å². The molecule has 0 spiro atoms. The van der Waals surface area contributed by atoms with Crippen LogP contribution in [-0.2, 0) is 11.8 Å². The Kier molecular flexibility index (Phi) is 5.15. The second-order valence-electron chi connectivity index (χ2n) is 4.98. The smallest absolute Gasteiger partial charge is 0.269 e. The number of aryl methyl sites for hydroxylation is 1. The fraction of sp³-hybridized carbons (Fsp3) is 0.133. The first-order valence-electron chi connectivity index (χ1n) is 7.15. The first kappa shape index (κ1) is 17.2. The number of carbonyl (C=O) groups is 2. The van der Waals surface area contributed by atoms with Crippen LogP contribution in [0.4, 0.5) is 0 Å². The Hall–Kier alpha value is -2.65. The molecule has 10 heteroatoms. The van der Waals surface area contributed by atoms with Gasteiger partial charge in [0.1, 0.15) is 11.4 Å². The number of carbonyl (C=O) groups excluding carboxylic acids is 2. The molecule has 2 aromatic heterocycles. The minimum atomic E-state index is -0.424. The highest BCUT2D eigenvalue weighted by atomic mass is 35.5. The van der Waals surface area contributed by atoms with Gasteiger partial charge in [-0.15, -0.1) is 0 Å². The summed E-state index contributed by atoms with van der Waals surface area (Å²) in [6.07, 6.45) is 3.07. The Morgan fingerprint density at radius 1 is 1.20 bits per heavy atom. The summed E-state index contributed by atoms with van der Waals surface area (Å²) in [4.78, 5) is 32.1. The van der Waals surface area contributed by atoms with Crippen LogP contribution >= 0.6 is 23.4 Å². The molecule has 0 radical (unpaired) electrons. The van der Waals surface area contributed by atoms with E-state index in [0.29, 0.717) is 21.3 Å². The zero-order valence-corrected chi connectivity index (χ0v) is 14.6.